The SMILES string of the molecule is NC(C(=O)NC1CCc2ccccc21)c1ccccc1. The predicted octanol–water partition coefficient (Wildman–Crippen LogP) is 2.49. The normalized spacial score (nSPS) is 18.4. The van der Waals surface area contributed by atoms with E-state index in [2.05, 4.69) is 17.4 Å². The number of fused-ring (bicyclic) bond motifs is 1. The highest BCUT2D eigenvalue weighted by Gasteiger charge is 2.25. The van der Waals surface area contributed by atoms with Gasteiger partial charge in [-0.15, -0.1) is 0 Å². The molecular formula is C17H18N2O. The average molecular weight is 266 g/mol. The summed E-state index contributed by atoms with van der Waals surface area (Å²) < 4.78 is 0. The Bertz CT molecular complexity index is 609. The summed E-state index contributed by atoms with van der Waals surface area (Å²) in [4.78, 5) is 12.3. The van der Waals surface area contributed by atoms with E-state index < -0.39 is 6.04 Å². The van der Waals surface area contributed by atoms with E-state index in [0.717, 1.165) is 18.4 Å². The van der Waals surface area contributed by atoms with Gasteiger partial charge in [0.15, 0.2) is 0 Å². The molecule has 1 amide bonds. The number of carbonyl (C=O) groups is 1. The predicted molar refractivity (Wildman–Crippen MR) is 79.0 cm³/mol. The van der Waals surface area contributed by atoms with Crippen molar-refractivity contribution in [2.45, 2.75) is 24.9 Å². The summed E-state index contributed by atoms with van der Waals surface area (Å²) in [7, 11) is 0. The molecule has 3 heteroatoms. The maximum Gasteiger partial charge on any atom is 0.241 e. The highest BCUT2D eigenvalue weighted by Crippen LogP contribution is 2.31. The van der Waals surface area contributed by atoms with Crippen LogP contribution in [0.3, 0.4) is 0 Å². The Labute approximate surface area is 118 Å². The van der Waals surface area contributed by atoms with E-state index >= 15 is 0 Å². The van der Waals surface area contributed by atoms with Crippen LogP contribution >= 0.6 is 0 Å². The van der Waals surface area contributed by atoms with Crippen molar-refractivity contribution in [1.29, 1.82) is 0 Å². The van der Waals surface area contributed by atoms with Crippen molar-refractivity contribution in [2.75, 3.05) is 0 Å². The molecule has 0 spiro atoms. The van der Waals surface area contributed by atoms with E-state index in [1.54, 1.807) is 0 Å². The second kappa shape index (κ2) is 5.47. The molecule has 0 saturated carbocycles. The highest BCUT2D eigenvalue weighted by molar-refractivity contribution is 5.83. The molecule has 0 bridgehead atoms. The Kier molecular flexibility index (Phi) is 3.52. The zero-order valence-electron chi connectivity index (χ0n) is 11.3. The van der Waals surface area contributed by atoms with Crippen LogP contribution in [0.1, 0.15) is 35.2 Å². The van der Waals surface area contributed by atoms with Gasteiger partial charge in [-0.1, -0.05) is 54.6 Å². The van der Waals surface area contributed by atoms with Crippen molar-refractivity contribution in [2.24, 2.45) is 5.73 Å². The van der Waals surface area contributed by atoms with Crippen LogP contribution < -0.4 is 11.1 Å². The minimum Gasteiger partial charge on any atom is -0.348 e. The Morgan fingerprint density at radius 2 is 1.80 bits per heavy atom. The Balaban J connectivity index is 1.72. The quantitative estimate of drug-likeness (QED) is 0.896. The first-order chi connectivity index (χ1) is 9.75. The zero-order chi connectivity index (χ0) is 13.9. The first-order valence-electron chi connectivity index (χ1n) is 6.94. The summed E-state index contributed by atoms with van der Waals surface area (Å²) in [6.07, 6.45) is 1.97. The number of rotatable bonds is 3. The van der Waals surface area contributed by atoms with Gasteiger partial charge in [-0.25, -0.2) is 0 Å². The standard InChI is InChI=1S/C17H18N2O/c18-16(13-7-2-1-3-8-13)17(20)19-15-11-10-12-6-4-5-9-14(12)15/h1-9,15-16H,10-11,18H2,(H,19,20). The van der Waals surface area contributed by atoms with Crippen LogP contribution in [-0.4, -0.2) is 5.91 Å². The van der Waals surface area contributed by atoms with Gasteiger partial charge in [0.2, 0.25) is 5.91 Å². The lowest BCUT2D eigenvalue weighted by molar-refractivity contribution is -0.123. The third kappa shape index (κ3) is 2.45. The summed E-state index contributed by atoms with van der Waals surface area (Å²) in [5, 5.41) is 3.07. The number of hydrogen-bond acceptors (Lipinski definition) is 2. The molecule has 0 aromatic heterocycles. The molecule has 2 aromatic carbocycles. The van der Waals surface area contributed by atoms with Gasteiger partial charge < -0.3 is 11.1 Å². The van der Waals surface area contributed by atoms with Gasteiger partial charge in [-0.05, 0) is 29.5 Å². The van der Waals surface area contributed by atoms with E-state index in [9.17, 15) is 4.79 Å². The first kappa shape index (κ1) is 12.9. The summed E-state index contributed by atoms with van der Waals surface area (Å²) >= 11 is 0. The van der Waals surface area contributed by atoms with Crippen LogP contribution in [0, 0.1) is 0 Å². The second-order valence-electron chi connectivity index (χ2n) is 5.19. The summed E-state index contributed by atoms with van der Waals surface area (Å²) in [5.41, 5.74) is 9.42. The van der Waals surface area contributed by atoms with Crippen LogP contribution in [0.15, 0.2) is 54.6 Å². The van der Waals surface area contributed by atoms with Gasteiger partial charge >= 0.3 is 0 Å². The summed E-state index contributed by atoms with van der Waals surface area (Å²) in [6.45, 7) is 0. The van der Waals surface area contributed by atoms with Crippen molar-refractivity contribution >= 4 is 5.91 Å². The molecule has 0 saturated heterocycles. The number of benzene rings is 2. The topological polar surface area (TPSA) is 55.1 Å². The molecule has 2 atom stereocenters. The molecule has 2 unspecified atom stereocenters. The lowest BCUT2D eigenvalue weighted by Gasteiger charge is -2.18. The number of aryl methyl sites for hydroxylation is 1. The summed E-state index contributed by atoms with van der Waals surface area (Å²) in [5.74, 6) is -0.113. The Hall–Kier alpha value is -2.13. The molecule has 2 aromatic rings. The van der Waals surface area contributed by atoms with Gasteiger partial charge in [-0.2, -0.15) is 0 Å². The smallest absolute Gasteiger partial charge is 0.241 e. The van der Waals surface area contributed by atoms with Crippen molar-refractivity contribution in [3.05, 3.63) is 71.3 Å². The van der Waals surface area contributed by atoms with Gasteiger partial charge in [0.1, 0.15) is 6.04 Å². The molecule has 3 rings (SSSR count). The molecule has 3 nitrogen and oxygen atoms in total. The first-order valence-corrected chi connectivity index (χ1v) is 6.94. The van der Waals surface area contributed by atoms with E-state index in [4.69, 9.17) is 5.73 Å². The van der Waals surface area contributed by atoms with E-state index in [1.165, 1.54) is 11.1 Å². The fourth-order valence-electron chi connectivity index (χ4n) is 2.78. The van der Waals surface area contributed by atoms with E-state index in [1.807, 2.05) is 42.5 Å². The largest absolute Gasteiger partial charge is 0.348 e. The van der Waals surface area contributed by atoms with Gasteiger partial charge in [0.25, 0.3) is 0 Å². The minimum absolute atomic E-state index is 0.0912. The zero-order valence-corrected chi connectivity index (χ0v) is 11.3. The molecule has 0 aliphatic heterocycles. The maximum atomic E-state index is 12.3. The minimum atomic E-state index is -0.607. The molecule has 20 heavy (non-hydrogen) atoms. The average Bonchev–Trinajstić information content (AvgIpc) is 2.91. The third-order valence-electron chi connectivity index (χ3n) is 3.89. The highest BCUT2D eigenvalue weighted by atomic mass is 16.2. The second-order valence-corrected chi connectivity index (χ2v) is 5.19. The summed E-state index contributed by atoms with van der Waals surface area (Å²) in [6, 6.07) is 17.2. The maximum absolute atomic E-state index is 12.3. The van der Waals surface area contributed by atoms with Gasteiger partial charge in [0, 0.05) is 0 Å². The van der Waals surface area contributed by atoms with Crippen molar-refractivity contribution in [1.82, 2.24) is 5.32 Å². The number of carbonyl (C=O) groups excluding carboxylic acids is 1. The molecule has 0 fully saturated rings. The van der Waals surface area contributed by atoms with E-state index in [-0.39, 0.29) is 11.9 Å². The number of nitrogens with one attached hydrogen (secondary N) is 1. The fourth-order valence-corrected chi connectivity index (χ4v) is 2.78. The number of amides is 1. The van der Waals surface area contributed by atoms with E-state index in [0.29, 0.717) is 0 Å². The van der Waals surface area contributed by atoms with Crippen LogP contribution in [0.5, 0.6) is 0 Å². The van der Waals surface area contributed by atoms with Crippen LogP contribution in [0.25, 0.3) is 0 Å². The van der Waals surface area contributed by atoms with Crippen molar-refractivity contribution < 1.29 is 4.79 Å². The van der Waals surface area contributed by atoms with Crippen LogP contribution in [-0.2, 0) is 11.2 Å². The molecule has 1 aliphatic carbocycles. The fraction of sp³-hybridized carbons (Fsp3) is 0.235. The van der Waals surface area contributed by atoms with Crippen molar-refractivity contribution in [3.8, 4) is 0 Å². The van der Waals surface area contributed by atoms with Crippen LogP contribution in [0.2, 0.25) is 0 Å². The van der Waals surface area contributed by atoms with Gasteiger partial charge in [0.05, 0.1) is 6.04 Å². The van der Waals surface area contributed by atoms with Crippen LogP contribution in [0.4, 0.5) is 0 Å². The molecular weight excluding hydrogens is 248 g/mol. The third-order valence-corrected chi connectivity index (χ3v) is 3.89. The lowest BCUT2D eigenvalue weighted by Crippen LogP contribution is -2.35. The van der Waals surface area contributed by atoms with Crippen molar-refractivity contribution in [3.63, 3.8) is 0 Å². The van der Waals surface area contributed by atoms with Gasteiger partial charge in [-0.3, -0.25) is 4.79 Å². The lowest BCUT2D eigenvalue weighted by atomic mass is 10.1. The molecule has 3 N–H and O–H groups in total. The molecule has 1 aliphatic rings. The number of nitrogens with two attached hydrogens (primary N) is 1. The molecule has 102 valence electrons. The monoisotopic (exact) mass is 266 g/mol. The Morgan fingerprint density at radius 1 is 1.10 bits per heavy atom. The molecule has 0 heterocycles. The molecule has 0 radical (unpaired) electrons. The Morgan fingerprint density at radius 3 is 2.60 bits per heavy atom. The number of hydrogen-bond donors (Lipinski definition) is 2.